The molecule has 4 heterocycles. The Hall–Kier alpha value is -1.70. The molecule has 1 aromatic heterocycles. The summed E-state index contributed by atoms with van der Waals surface area (Å²) in [6.07, 6.45) is 3.03. The maximum Gasteiger partial charge on any atom is 0.253 e. The number of sulfonamides is 1. The highest BCUT2D eigenvalue weighted by atomic mass is 32.2. The number of hydrogen-bond acceptors (Lipinski definition) is 4. The molecule has 2 bridgehead atoms. The third-order valence-corrected chi connectivity index (χ3v) is 9.56. The van der Waals surface area contributed by atoms with Gasteiger partial charge in [-0.05, 0) is 49.3 Å². The molecule has 26 heavy (non-hydrogen) atoms. The molecular formula is C19H20N2O3S2. The lowest BCUT2D eigenvalue weighted by Gasteiger charge is -2.31. The summed E-state index contributed by atoms with van der Waals surface area (Å²) in [5.74, 6) is 0.0993. The zero-order valence-corrected chi connectivity index (χ0v) is 15.9. The third-order valence-electron chi connectivity index (χ3n) is 6.23. The minimum absolute atomic E-state index is 0.0493. The molecule has 5 nitrogen and oxygen atoms in total. The predicted octanol–water partition coefficient (Wildman–Crippen LogP) is 3.10. The van der Waals surface area contributed by atoms with Crippen LogP contribution in [0, 0.1) is 5.41 Å². The summed E-state index contributed by atoms with van der Waals surface area (Å²) >= 11 is 1.25. The monoisotopic (exact) mass is 388 g/mol. The Bertz CT molecular complexity index is 942. The summed E-state index contributed by atoms with van der Waals surface area (Å²) in [7, 11) is -3.52. The standard InChI is InChI=1S/C19H20N2O3S2/c22-18-19(10-11-20(18)14-5-2-1-3-6-14)13-15-8-9-16(19)21(15)26(23,24)17-7-4-12-25-17/h1-7,12,15-16H,8-11,13H2/t15-,16-,19-/m1/s1. The first kappa shape index (κ1) is 16.5. The summed E-state index contributed by atoms with van der Waals surface area (Å²) < 4.78 is 28.4. The van der Waals surface area contributed by atoms with Crippen LogP contribution in [-0.4, -0.2) is 37.3 Å². The van der Waals surface area contributed by atoms with Crippen molar-refractivity contribution in [3.05, 3.63) is 47.8 Å². The zero-order chi connectivity index (χ0) is 17.9. The number of thiophene rings is 1. The number of amides is 1. The van der Waals surface area contributed by atoms with E-state index in [9.17, 15) is 13.2 Å². The highest BCUT2D eigenvalue weighted by molar-refractivity contribution is 7.91. The van der Waals surface area contributed by atoms with Gasteiger partial charge in [0.25, 0.3) is 10.0 Å². The van der Waals surface area contributed by atoms with E-state index in [0.717, 1.165) is 24.9 Å². The number of fused-ring (bicyclic) bond motifs is 3. The van der Waals surface area contributed by atoms with Crippen LogP contribution >= 0.6 is 11.3 Å². The van der Waals surface area contributed by atoms with E-state index in [1.807, 2.05) is 35.2 Å². The molecule has 3 fully saturated rings. The van der Waals surface area contributed by atoms with E-state index < -0.39 is 15.4 Å². The molecule has 0 unspecified atom stereocenters. The van der Waals surface area contributed by atoms with Gasteiger partial charge in [-0.15, -0.1) is 11.3 Å². The van der Waals surface area contributed by atoms with Gasteiger partial charge in [0, 0.05) is 24.3 Å². The summed E-state index contributed by atoms with van der Waals surface area (Å²) in [6.45, 7) is 0.666. The lowest BCUT2D eigenvalue weighted by molar-refractivity contribution is -0.126. The van der Waals surface area contributed by atoms with Crippen molar-refractivity contribution in [1.29, 1.82) is 0 Å². The highest BCUT2D eigenvalue weighted by Gasteiger charge is 2.65. The maximum absolute atomic E-state index is 13.4. The summed E-state index contributed by atoms with van der Waals surface area (Å²) in [5.41, 5.74) is 0.355. The van der Waals surface area contributed by atoms with Gasteiger partial charge in [-0.3, -0.25) is 4.79 Å². The number of nitrogens with zero attached hydrogens (tertiary/aromatic N) is 2. The molecule has 5 rings (SSSR count). The number of carbonyl (C=O) groups is 1. The van der Waals surface area contributed by atoms with Gasteiger partial charge in [0.05, 0.1) is 5.41 Å². The van der Waals surface area contributed by atoms with Gasteiger partial charge >= 0.3 is 0 Å². The molecule has 2 aromatic rings. The second-order valence-corrected chi connectivity index (χ2v) is 10.4. The van der Waals surface area contributed by atoms with E-state index in [1.54, 1.807) is 21.8 Å². The van der Waals surface area contributed by atoms with Gasteiger partial charge in [0.1, 0.15) is 4.21 Å². The second-order valence-electron chi connectivity index (χ2n) is 7.42. The summed E-state index contributed by atoms with van der Waals surface area (Å²) in [4.78, 5) is 15.2. The van der Waals surface area contributed by atoms with Gasteiger partial charge in [-0.25, -0.2) is 8.42 Å². The van der Waals surface area contributed by atoms with Crippen LogP contribution in [0.25, 0.3) is 0 Å². The van der Waals surface area contributed by atoms with Crippen LogP contribution in [0.3, 0.4) is 0 Å². The molecule has 3 saturated heterocycles. The quantitative estimate of drug-likeness (QED) is 0.812. The molecule has 136 valence electrons. The molecule has 1 amide bonds. The Balaban J connectivity index is 1.50. The maximum atomic E-state index is 13.4. The summed E-state index contributed by atoms with van der Waals surface area (Å²) in [6, 6.07) is 12.9. The van der Waals surface area contributed by atoms with E-state index in [2.05, 4.69) is 0 Å². The lowest BCUT2D eigenvalue weighted by atomic mass is 9.72. The van der Waals surface area contributed by atoms with Crippen LogP contribution in [0.15, 0.2) is 52.1 Å². The molecule has 0 aliphatic carbocycles. The zero-order valence-electron chi connectivity index (χ0n) is 14.2. The van der Waals surface area contributed by atoms with Crippen molar-refractivity contribution in [3.63, 3.8) is 0 Å². The van der Waals surface area contributed by atoms with E-state index >= 15 is 0 Å². The van der Waals surface area contributed by atoms with Gasteiger partial charge in [0.2, 0.25) is 5.91 Å². The van der Waals surface area contributed by atoms with Crippen LogP contribution < -0.4 is 4.90 Å². The highest BCUT2D eigenvalue weighted by Crippen LogP contribution is 2.57. The van der Waals surface area contributed by atoms with Crippen molar-refractivity contribution in [1.82, 2.24) is 4.31 Å². The smallest absolute Gasteiger partial charge is 0.253 e. The van der Waals surface area contributed by atoms with Gasteiger partial charge in [-0.2, -0.15) is 4.31 Å². The fourth-order valence-electron chi connectivity index (χ4n) is 5.15. The normalized spacial score (nSPS) is 31.4. The number of anilines is 1. The number of rotatable bonds is 3. The van der Waals surface area contributed by atoms with Crippen LogP contribution in [0.2, 0.25) is 0 Å². The molecular weight excluding hydrogens is 368 g/mol. The molecule has 1 aromatic carbocycles. The average Bonchev–Trinajstić information content (AvgIpc) is 3.41. The number of carbonyl (C=O) groups excluding carboxylic acids is 1. The van der Waals surface area contributed by atoms with Crippen molar-refractivity contribution < 1.29 is 13.2 Å². The third kappa shape index (κ3) is 2.11. The molecule has 3 aliphatic rings. The summed E-state index contributed by atoms with van der Waals surface area (Å²) in [5, 5.41) is 1.79. The Kier molecular flexibility index (Phi) is 3.58. The first-order valence-electron chi connectivity index (χ1n) is 8.98. The van der Waals surface area contributed by atoms with Crippen molar-refractivity contribution in [3.8, 4) is 0 Å². The Labute approximate surface area is 157 Å². The van der Waals surface area contributed by atoms with Crippen LogP contribution in [0.5, 0.6) is 0 Å². The van der Waals surface area contributed by atoms with E-state index in [1.165, 1.54) is 11.3 Å². The van der Waals surface area contributed by atoms with Gasteiger partial charge < -0.3 is 4.90 Å². The second kappa shape index (κ2) is 5.65. The largest absolute Gasteiger partial charge is 0.312 e. The fourth-order valence-corrected chi connectivity index (χ4v) is 8.18. The Morgan fingerprint density at radius 2 is 1.88 bits per heavy atom. The SMILES string of the molecule is O=C1N(c2ccccc2)CC[C@]12C[C@H]1CC[C@H]2N1S(=O)(=O)c1cccs1. The molecule has 1 spiro atoms. The van der Waals surface area contributed by atoms with Crippen molar-refractivity contribution in [2.75, 3.05) is 11.4 Å². The van der Waals surface area contributed by atoms with Crippen molar-refractivity contribution in [2.24, 2.45) is 5.41 Å². The minimum atomic E-state index is -3.52. The minimum Gasteiger partial charge on any atom is -0.312 e. The number of hydrogen-bond donors (Lipinski definition) is 0. The molecule has 3 aliphatic heterocycles. The first-order chi connectivity index (χ1) is 12.5. The molecule has 0 N–H and O–H groups in total. The molecule has 3 atom stereocenters. The average molecular weight is 389 g/mol. The van der Waals surface area contributed by atoms with Crippen molar-refractivity contribution >= 4 is 33.0 Å². The molecule has 0 saturated carbocycles. The van der Waals surface area contributed by atoms with Gasteiger partial charge in [-0.1, -0.05) is 24.3 Å². The molecule has 0 radical (unpaired) electrons. The Morgan fingerprint density at radius 3 is 2.62 bits per heavy atom. The molecule has 7 heteroatoms. The van der Waals surface area contributed by atoms with E-state index in [-0.39, 0.29) is 18.0 Å². The van der Waals surface area contributed by atoms with E-state index in [4.69, 9.17) is 0 Å². The Morgan fingerprint density at radius 1 is 1.08 bits per heavy atom. The number of para-hydroxylation sites is 1. The lowest BCUT2D eigenvalue weighted by Crippen LogP contribution is -2.45. The van der Waals surface area contributed by atoms with Crippen LogP contribution in [0.4, 0.5) is 5.69 Å². The first-order valence-corrected chi connectivity index (χ1v) is 11.3. The number of benzene rings is 1. The fraction of sp³-hybridized carbons (Fsp3) is 0.421. The van der Waals surface area contributed by atoms with Gasteiger partial charge in [0.15, 0.2) is 0 Å². The van der Waals surface area contributed by atoms with Crippen LogP contribution in [0.1, 0.15) is 25.7 Å². The predicted molar refractivity (Wildman–Crippen MR) is 101 cm³/mol. The van der Waals surface area contributed by atoms with E-state index in [0.29, 0.717) is 17.2 Å². The topological polar surface area (TPSA) is 57.7 Å². The van der Waals surface area contributed by atoms with Crippen LogP contribution in [-0.2, 0) is 14.8 Å². The van der Waals surface area contributed by atoms with Crippen molar-refractivity contribution in [2.45, 2.75) is 42.0 Å².